The van der Waals surface area contributed by atoms with E-state index in [1.165, 1.54) is 0 Å². The molecule has 3 nitrogen and oxygen atoms in total. The molecule has 0 fully saturated rings. The van der Waals surface area contributed by atoms with Gasteiger partial charge in [-0.3, -0.25) is 4.79 Å². The zero-order chi connectivity index (χ0) is 17.6. The molecule has 3 rings (SSSR count). The monoisotopic (exact) mass is 368 g/mol. The van der Waals surface area contributed by atoms with Gasteiger partial charge < -0.3 is 5.32 Å². The number of anilines is 1. The number of halogens is 1. The van der Waals surface area contributed by atoms with Crippen LogP contribution in [0.1, 0.15) is 21.5 Å². The highest BCUT2D eigenvalue weighted by Crippen LogP contribution is 2.24. The van der Waals surface area contributed by atoms with Crippen LogP contribution in [0.4, 0.5) is 5.82 Å². The SMILES string of the molecule is Cc1cccnc1NC(=O)c1ccc(CSc2ccc(Cl)cc2)cc1. The normalized spacial score (nSPS) is 10.5. The highest BCUT2D eigenvalue weighted by molar-refractivity contribution is 7.98. The third kappa shape index (κ3) is 4.84. The van der Waals surface area contributed by atoms with E-state index in [2.05, 4.69) is 10.3 Å². The Labute approximate surface area is 156 Å². The van der Waals surface area contributed by atoms with Crippen LogP contribution in [0.5, 0.6) is 0 Å². The van der Waals surface area contributed by atoms with Crippen LogP contribution in [0.15, 0.2) is 71.8 Å². The highest BCUT2D eigenvalue weighted by atomic mass is 35.5. The van der Waals surface area contributed by atoms with Crippen LogP contribution >= 0.6 is 23.4 Å². The quantitative estimate of drug-likeness (QED) is 0.597. The Morgan fingerprint density at radius 2 is 1.80 bits per heavy atom. The van der Waals surface area contributed by atoms with Crippen molar-refractivity contribution in [2.75, 3.05) is 5.32 Å². The Balaban J connectivity index is 1.60. The summed E-state index contributed by atoms with van der Waals surface area (Å²) in [6.45, 7) is 1.92. The first-order chi connectivity index (χ1) is 12.1. The molecule has 0 saturated heterocycles. The maximum Gasteiger partial charge on any atom is 0.256 e. The second-order valence-corrected chi connectivity index (χ2v) is 7.05. The molecule has 0 bridgehead atoms. The van der Waals surface area contributed by atoms with E-state index in [0.29, 0.717) is 11.4 Å². The molecule has 1 N–H and O–H groups in total. The Bertz CT molecular complexity index is 864. The first kappa shape index (κ1) is 17.5. The van der Waals surface area contributed by atoms with Crippen LogP contribution in [0, 0.1) is 6.92 Å². The molecule has 0 saturated carbocycles. The molecular weight excluding hydrogens is 352 g/mol. The van der Waals surface area contributed by atoms with Gasteiger partial charge in [-0.25, -0.2) is 4.98 Å². The van der Waals surface area contributed by atoms with Gasteiger partial charge in [-0.15, -0.1) is 11.8 Å². The van der Waals surface area contributed by atoms with E-state index in [-0.39, 0.29) is 5.91 Å². The fourth-order valence-electron chi connectivity index (χ4n) is 2.25. The summed E-state index contributed by atoms with van der Waals surface area (Å²) in [5.41, 5.74) is 2.71. The number of rotatable bonds is 5. The number of nitrogens with zero attached hydrogens (tertiary/aromatic N) is 1. The standard InChI is InChI=1S/C20H17ClN2OS/c1-14-3-2-12-22-19(14)23-20(24)16-6-4-15(5-7-16)13-25-18-10-8-17(21)9-11-18/h2-12H,13H2,1H3,(H,22,23,24). The molecule has 0 aliphatic rings. The summed E-state index contributed by atoms with van der Waals surface area (Å²) in [5, 5.41) is 3.58. The van der Waals surface area contributed by atoms with Crippen molar-refractivity contribution >= 4 is 35.1 Å². The maximum atomic E-state index is 12.3. The van der Waals surface area contributed by atoms with Gasteiger partial charge >= 0.3 is 0 Å². The van der Waals surface area contributed by atoms with Crippen molar-refractivity contribution in [3.8, 4) is 0 Å². The molecule has 0 radical (unpaired) electrons. The number of carbonyl (C=O) groups excluding carboxylic acids is 1. The molecular formula is C20H17ClN2OS. The van der Waals surface area contributed by atoms with E-state index >= 15 is 0 Å². The fourth-order valence-corrected chi connectivity index (χ4v) is 3.23. The summed E-state index contributed by atoms with van der Waals surface area (Å²) < 4.78 is 0. The van der Waals surface area contributed by atoms with Crippen LogP contribution in [0.3, 0.4) is 0 Å². The van der Waals surface area contributed by atoms with Crippen LogP contribution in [0.2, 0.25) is 5.02 Å². The number of hydrogen-bond acceptors (Lipinski definition) is 3. The van der Waals surface area contributed by atoms with E-state index in [9.17, 15) is 4.79 Å². The Morgan fingerprint density at radius 3 is 2.48 bits per heavy atom. The summed E-state index contributed by atoms with van der Waals surface area (Å²) >= 11 is 7.62. The molecule has 0 atom stereocenters. The summed E-state index contributed by atoms with van der Waals surface area (Å²) in [4.78, 5) is 17.7. The van der Waals surface area contributed by atoms with Crippen molar-refractivity contribution in [2.24, 2.45) is 0 Å². The maximum absolute atomic E-state index is 12.3. The average molecular weight is 369 g/mol. The van der Waals surface area contributed by atoms with E-state index in [1.54, 1.807) is 18.0 Å². The lowest BCUT2D eigenvalue weighted by atomic mass is 10.1. The van der Waals surface area contributed by atoms with Crippen LogP contribution in [-0.2, 0) is 5.75 Å². The summed E-state index contributed by atoms with van der Waals surface area (Å²) in [5.74, 6) is 1.27. The molecule has 1 amide bonds. The van der Waals surface area contributed by atoms with Gasteiger partial charge in [0.2, 0.25) is 0 Å². The average Bonchev–Trinajstić information content (AvgIpc) is 2.63. The van der Waals surface area contributed by atoms with Gasteiger partial charge in [0.05, 0.1) is 0 Å². The van der Waals surface area contributed by atoms with E-state index in [4.69, 9.17) is 11.6 Å². The smallest absolute Gasteiger partial charge is 0.256 e. The molecule has 0 aliphatic carbocycles. The van der Waals surface area contributed by atoms with Crippen LogP contribution < -0.4 is 5.32 Å². The van der Waals surface area contributed by atoms with Crippen molar-refractivity contribution in [3.63, 3.8) is 0 Å². The first-order valence-electron chi connectivity index (χ1n) is 7.82. The number of aromatic nitrogens is 1. The number of benzene rings is 2. The fraction of sp³-hybridized carbons (Fsp3) is 0.100. The summed E-state index contributed by atoms with van der Waals surface area (Å²) in [6, 6.07) is 19.2. The lowest BCUT2D eigenvalue weighted by molar-refractivity contribution is 0.102. The van der Waals surface area contributed by atoms with Crippen molar-refractivity contribution in [3.05, 3.63) is 88.6 Å². The van der Waals surface area contributed by atoms with Gasteiger partial charge in [-0.1, -0.05) is 29.8 Å². The number of amides is 1. The molecule has 25 heavy (non-hydrogen) atoms. The molecule has 2 aromatic carbocycles. The lowest BCUT2D eigenvalue weighted by Crippen LogP contribution is -2.13. The van der Waals surface area contributed by atoms with Crippen molar-refractivity contribution in [1.82, 2.24) is 4.98 Å². The van der Waals surface area contributed by atoms with Gasteiger partial charge in [0.15, 0.2) is 0 Å². The molecule has 126 valence electrons. The molecule has 0 aliphatic heterocycles. The topological polar surface area (TPSA) is 42.0 Å². The Morgan fingerprint density at radius 1 is 1.08 bits per heavy atom. The molecule has 0 spiro atoms. The molecule has 1 aromatic heterocycles. The number of carbonyl (C=O) groups is 1. The van der Waals surface area contributed by atoms with Crippen LogP contribution in [0.25, 0.3) is 0 Å². The zero-order valence-electron chi connectivity index (χ0n) is 13.7. The minimum atomic E-state index is -0.154. The third-order valence-corrected chi connectivity index (χ3v) is 5.01. The van der Waals surface area contributed by atoms with E-state index in [0.717, 1.165) is 26.8 Å². The summed E-state index contributed by atoms with van der Waals surface area (Å²) in [7, 11) is 0. The first-order valence-corrected chi connectivity index (χ1v) is 9.18. The molecule has 1 heterocycles. The van der Waals surface area contributed by atoms with Gasteiger partial charge in [0, 0.05) is 27.4 Å². The Hall–Kier alpha value is -2.30. The third-order valence-electron chi connectivity index (χ3n) is 3.68. The predicted octanol–water partition coefficient (Wildman–Crippen LogP) is 5.59. The highest BCUT2D eigenvalue weighted by Gasteiger charge is 2.08. The number of aryl methyl sites for hydroxylation is 1. The zero-order valence-corrected chi connectivity index (χ0v) is 15.3. The second kappa shape index (κ2) is 8.19. The van der Waals surface area contributed by atoms with Crippen molar-refractivity contribution in [1.29, 1.82) is 0 Å². The summed E-state index contributed by atoms with van der Waals surface area (Å²) in [6.07, 6.45) is 1.67. The predicted molar refractivity (Wildman–Crippen MR) is 104 cm³/mol. The second-order valence-electron chi connectivity index (χ2n) is 5.56. The molecule has 0 unspecified atom stereocenters. The van der Waals surface area contributed by atoms with E-state index in [1.807, 2.05) is 67.6 Å². The van der Waals surface area contributed by atoms with Gasteiger partial charge in [0.25, 0.3) is 5.91 Å². The van der Waals surface area contributed by atoms with Gasteiger partial charge in [-0.05, 0) is 60.5 Å². The van der Waals surface area contributed by atoms with Crippen molar-refractivity contribution in [2.45, 2.75) is 17.6 Å². The lowest BCUT2D eigenvalue weighted by Gasteiger charge is -2.08. The van der Waals surface area contributed by atoms with Gasteiger partial charge in [0.1, 0.15) is 5.82 Å². The number of nitrogens with one attached hydrogen (secondary N) is 1. The number of thioether (sulfide) groups is 1. The minimum Gasteiger partial charge on any atom is -0.306 e. The minimum absolute atomic E-state index is 0.154. The molecule has 5 heteroatoms. The largest absolute Gasteiger partial charge is 0.306 e. The van der Waals surface area contributed by atoms with Gasteiger partial charge in [-0.2, -0.15) is 0 Å². The Kier molecular flexibility index (Phi) is 5.74. The number of hydrogen-bond donors (Lipinski definition) is 1. The van der Waals surface area contributed by atoms with E-state index < -0.39 is 0 Å². The number of pyridine rings is 1. The van der Waals surface area contributed by atoms with Crippen LogP contribution in [-0.4, -0.2) is 10.9 Å². The molecule has 3 aromatic rings. The van der Waals surface area contributed by atoms with Crippen molar-refractivity contribution < 1.29 is 4.79 Å².